The summed E-state index contributed by atoms with van der Waals surface area (Å²) in [6, 6.07) is 3.40. The molecule has 18 heavy (non-hydrogen) atoms. The standard InChI is InChI=1S/C12H14O6/c1-6(13)4-10(14)9-5-7(11(15)16)2-3-8(9)12(17)18/h2-3,5-6,10,13-14H,4H2,1H3,(H,15,16)(H,17,18). The van der Waals surface area contributed by atoms with Crippen molar-refractivity contribution in [2.45, 2.75) is 25.6 Å². The van der Waals surface area contributed by atoms with Gasteiger partial charge in [-0.15, -0.1) is 0 Å². The molecule has 6 nitrogen and oxygen atoms in total. The van der Waals surface area contributed by atoms with Crippen molar-refractivity contribution >= 4 is 11.9 Å². The summed E-state index contributed by atoms with van der Waals surface area (Å²) in [5.74, 6) is -2.47. The topological polar surface area (TPSA) is 115 Å². The van der Waals surface area contributed by atoms with Gasteiger partial charge in [0.1, 0.15) is 0 Å². The Bertz CT molecular complexity index is 466. The van der Waals surface area contributed by atoms with Crippen LogP contribution in [-0.4, -0.2) is 38.5 Å². The van der Waals surface area contributed by atoms with Crippen molar-refractivity contribution in [3.63, 3.8) is 0 Å². The van der Waals surface area contributed by atoms with Crippen molar-refractivity contribution < 1.29 is 30.0 Å². The first-order chi connectivity index (χ1) is 8.32. The predicted octanol–water partition coefficient (Wildman–Crippen LogP) is 0.887. The Balaban J connectivity index is 3.22. The molecule has 6 heteroatoms. The fourth-order valence-corrected chi connectivity index (χ4v) is 1.62. The van der Waals surface area contributed by atoms with Gasteiger partial charge in [0, 0.05) is 6.42 Å². The zero-order chi connectivity index (χ0) is 13.9. The molecule has 0 spiro atoms. The molecule has 0 aliphatic heterocycles. The van der Waals surface area contributed by atoms with Gasteiger partial charge >= 0.3 is 11.9 Å². The van der Waals surface area contributed by atoms with E-state index >= 15 is 0 Å². The molecule has 0 aliphatic carbocycles. The van der Waals surface area contributed by atoms with Gasteiger partial charge in [-0.3, -0.25) is 0 Å². The molecule has 98 valence electrons. The lowest BCUT2D eigenvalue weighted by Gasteiger charge is -2.15. The van der Waals surface area contributed by atoms with Crippen LogP contribution in [-0.2, 0) is 0 Å². The second-order valence-corrected chi connectivity index (χ2v) is 4.01. The highest BCUT2D eigenvalue weighted by molar-refractivity contribution is 5.93. The molecule has 0 radical (unpaired) electrons. The zero-order valence-corrected chi connectivity index (χ0v) is 9.70. The first-order valence-corrected chi connectivity index (χ1v) is 5.29. The fourth-order valence-electron chi connectivity index (χ4n) is 1.62. The molecule has 0 saturated heterocycles. The number of benzene rings is 1. The second-order valence-electron chi connectivity index (χ2n) is 4.01. The number of hydrogen-bond donors (Lipinski definition) is 4. The summed E-state index contributed by atoms with van der Waals surface area (Å²) < 4.78 is 0. The van der Waals surface area contributed by atoms with Crippen LogP contribution in [0, 0.1) is 0 Å². The molecule has 0 bridgehead atoms. The molecule has 0 amide bonds. The molecule has 0 heterocycles. The van der Waals surface area contributed by atoms with E-state index in [1.54, 1.807) is 0 Å². The van der Waals surface area contributed by atoms with E-state index in [2.05, 4.69) is 0 Å². The van der Waals surface area contributed by atoms with Crippen LogP contribution in [0.5, 0.6) is 0 Å². The van der Waals surface area contributed by atoms with E-state index in [0.29, 0.717) is 0 Å². The molecule has 4 N–H and O–H groups in total. The average molecular weight is 254 g/mol. The number of aromatic carboxylic acids is 2. The Morgan fingerprint density at radius 3 is 2.22 bits per heavy atom. The second kappa shape index (κ2) is 5.61. The van der Waals surface area contributed by atoms with E-state index in [1.807, 2.05) is 0 Å². The number of rotatable bonds is 5. The minimum absolute atomic E-state index is 0.0108. The highest BCUT2D eigenvalue weighted by Crippen LogP contribution is 2.24. The van der Waals surface area contributed by atoms with E-state index in [1.165, 1.54) is 6.92 Å². The van der Waals surface area contributed by atoms with Gasteiger partial charge in [-0.25, -0.2) is 9.59 Å². The van der Waals surface area contributed by atoms with Crippen LogP contribution >= 0.6 is 0 Å². The maximum absolute atomic E-state index is 11.0. The Morgan fingerprint density at radius 1 is 1.17 bits per heavy atom. The largest absolute Gasteiger partial charge is 0.478 e. The number of carbonyl (C=O) groups is 2. The van der Waals surface area contributed by atoms with Gasteiger partial charge in [-0.2, -0.15) is 0 Å². The van der Waals surface area contributed by atoms with Crippen LogP contribution in [0.1, 0.15) is 45.7 Å². The summed E-state index contributed by atoms with van der Waals surface area (Å²) in [5, 5.41) is 36.8. The van der Waals surface area contributed by atoms with E-state index in [0.717, 1.165) is 18.2 Å². The van der Waals surface area contributed by atoms with Crippen molar-refractivity contribution in [1.82, 2.24) is 0 Å². The summed E-state index contributed by atoms with van der Waals surface area (Å²) in [6.45, 7) is 1.45. The Labute approximate surface area is 103 Å². The molecular formula is C12H14O6. The first kappa shape index (κ1) is 14.1. The third-order valence-corrected chi connectivity index (χ3v) is 2.45. The number of hydrogen-bond acceptors (Lipinski definition) is 4. The SMILES string of the molecule is CC(O)CC(O)c1cc(C(=O)O)ccc1C(=O)O. The van der Waals surface area contributed by atoms with Gasteiger partial charge in [0.25, 0.3) is 0 Å². The molecule has 2 atom stereocenters. The van der Waals surface area contributed by atoms with Crippen molar-refractivity contribution in [1.29, 1.82) is 0 Å². The van der Waals surface area contributed by atoms with Crippen LogP contribution in [0.4, 0.5) is 0 Å². The van der Waals surface area contributed by atoms with Crippen LogP contribution in [0.3, 0.4) is 0 Å². The maximum Gasteiger partial charge on any atom is 0.336 e. The lowest BCUT2D eigenvalue weighted by atomic mass is 9.96. The lowest BCUT2D eigenvalue weighted by molar-refractivity contribution is 0.0661. The van der Waals surface area contributed by atoms with Crippen molar-refractivity contribution in [3.8, 4) is 0 Å². The smallest absolute Gasteiger partial charge is 0.336 e. The van der Waals surface area contributed by atoms with Crippen LogP contribution in [0.25, 0.3) is 0 Å². The molecular weight excluding hydrogens is 240 g/mol. The number of aliphatic hydroxyl groups excluding tert-OH is 2. The minimum atomic E-state index is -1.26. The lowest BCUT2D eigenvalue weighted by Crippen LogP contribution is -2.13. The van der Waals surface area contributed by atoms with Crippen LogP contribution < -0.4 is 0 Å². The van der Waals surface area contributed by atoms with E-state index in [9.17, 15) is 14.7 Å². The normalized spacial score (nSPS) is 13.9. The van der Waals surface area contributed by atoms with Gasteiger partial charge in [-0.05, 0) is 30.7 Å². The highest BCUT2D eigenvalue weighted by atomic mass is 16.4. The maximum atomic E-state index is 11.0. The molecule has 1 aromatic rings. The molecule has 0 aromatic heterocycles. The highest BCUT2D eigenvalue weighted by Gasteiger charge is 2.20. The summed E-state index contributed by atoms with van der Waals surface area (Å²) in [7, 11) is 0. The minimum Gasteiger partial charge on any atom is -0.478 e. The van der Waals surface area contributed by atoms with Crippen molar-refractivity contribution in [2.24, 2.45) is 0 Å². The quantitative estimate of drug-likeness (QED) is 0.620. The number of carboxylic acid groups (broad SMARTS) is 2. The molecule has 0 saturated carbocycles. The van der Waals surface area contributed by atoms with E-state index in [-0.39, 0.29) is 23.1 Å². The third kappa shape index (κ3) is 3.28. The molecule has 1 rings (SSSR count). The van der Waals surface area contributed by atoms with Crippen molar-refractivity contribution in [2.75, 3.05) is 0 Å². The first-order valence-electron chi connectivity index (χ1n) is 5.29. The molecule has 0 aliphatic rings. The summed E-state index contributed by atoms with van der Waals surface area (Å²) in [4.78, 5) is 21.8. The summed E-state index contributed by atoms with van der Waals surface area (Å²) in [6.07, 6.45) is -2.12. The molecule has 0 fully saturated rings. The fraction of sp³-hybridized carbons (Fsp3) is 0.333. The Hall–Kier alpha value is -1.92. The van der Waals surface area contributed by atoms with Crippen LogP contribution in [0.2, 0.25) is 0 Å². The molecule has 1 aromatic carbocycles. The summed E-state index contributed by atoms with van der Waals surface area (Å²) >= 11 is 0. The Morgan fingerprint density at radius 2 is 1.78 bits per heavy atom. The van der Waals surface area contributed by atoms with Crippen LogP contribution in [0.15, 0.2) is 18.2 Å². The predicted molar refractivity (Wildman–Crippen MR) is 61.6 cm³/mol. The summed E-state index contributed by atoms with van der Waals surface area (Å²) in [5.41, 5.74) is -0.295. The van der Waals surface area contributed by atoms with E-state index in [4.69, 9.17) is 15.3 Å². The van der Waals surface area contributed by atoms with Gasteiger partial charge < -0.3 is 20.4 Å². The molecule has 2 unspecified atom stereocenters. The number of carboxylic acids is 2. The van der Waals surface area contributed by atoms with Gasteiger partial charge in [0.2, 0.25) is 0 Å². The number of aliphatic hydroxyl groups is 2. The van der Waals surface area contributed by atoms with Crippen molar-refractivity contribution in [3.05, 3.63) is 34.9 Å². The van der Waals surface area contributed by atoms with Gasteiger partial charge in [0.15, 0.2) is 0 Å². The third-order valence-electron chi connectivity index (χ3n) is 2.45. The van der Waals surface area contributed by atoms with Gasteiger partial charge in [0.05, 0.1) is 23.3 Å². The van der Waals surface area contributed by atoms with Gasteiger partial charge in [-0.1, -0.05) is 0 Å². The zero-order valence-electron chi connectivity index (χ0n) is 9.70. The van der Waals surface area contributed by atoms with E-state index < -0.39 is 24.1 Å². The average Bonchev–Trinajstić information content (AvgIpc) is 2.26. The monoisotopic (exact) mass is 254 g/mol. The Kier molecular flexibility index (Phi) is 4.41.